The summed E-state index contributed by atoms with van der Waals surface area (Å²) in [5.41, 5.74) is 9.81. The number of benzene rings is 1. The third kappa shape index (κ3) is 3.83. The van der Waals surface area contributed by atoms with Crippen molar-refractivity contribution in [1.82, 2.24) is 9.47 Å². The van der Waals surface area contributed by atoms with Crippen LogP contribution in [0.5, 0.6) is 5.75 Å². The van der Waals surface area contributed by atoms with Gasteiger partial charge in [0.15, 0.2) is 0 Å². The number of hydrogen-bond acceptors (Lipinski definition) is 3. The van der Waals surface area contributed by atoms with Gasteiger partial charge in [-0.05, 0) is 57.0 Å². The number of hydrogen-bond donors (Lipinski definition) is 1. The van der Waals surface area contributed by atoms with E-state index in [-0.39, 0.29) is 24.4 Å². The van der Waals surface area contributed by atoms with Gasteiger partial charge in [0, 0.05) is 36.2 Å². The zero-order valence-corrected chi connectivity index (χ0v) is 15.8. The average Bonchev–Trinajstić information content (AvgIpc) is 2.89. The number of amides is 1. The van der Waals surface area contributed by atoms with Crippen LogP contribution in [0.25, 0.3) is 5.69 Å². The van der Waals surface area contributed by atoms with Gasteiger partial charge in [-0.2, -0.15) is 0 Å². The van der Waals surface area contributed by atoms with Crippen LogP contribution >= 0.6 is 12.4 Å². The predicted octanol–water partition coefficient (Wildman–Crippen LogP) is 3.09. The smallest absolute Gasteiger partial charge is 0.255 e. The summed E-state index contributed by atoms with van der Waals surface area (Å²) in [5, 5.41) is 0. The number of nitrogens with two attached hydrogens (primary N) is 1. The Morgan fingerprint density at radius 1 is 1.24 bits per heavy atom. The minimum atomic E-state index is 0. The molecule has 136 valence electrons. The molecule has 1 aliphatic heterocycles. The van der Waals surface area contributed by atoms with E-state index in [2.05, 4.69) is 4.57 Å². The number of aromatic nitrogens is 1. The Morgan fingerprint density at radius 2 is 1.92 bits per heavy atom. The van der Waals surface area contributed by atoms with E-state index in [1.807, 2.05) is 49.1 Å². The van der Waals surface area contributed by atoms with Gasteiger partial charge in [-0.25, -0.2) is 0 Å². The topological polar surface area (TPSA) is 60.5 Å². The normalized spacial score (nSPS) is 17.1. The lowest BCUT2D eigenvalue weighted by molar-refractivity contribution is 0.0708. The lowest BCUT2D eigenvalue weighted by Gasteiger charge is -2.30. The first-order valence-corrected chi connectivity index (χ1v) is 8.39. The first kappa shape index (κ1) is 19.3. The highest BCUT2D eigenvalue weighted by Gasteiger charge is 2.25. The van der Waals surface area contributed by atoms with Crippen LogP contribution in [0.2, 0.25) is 0 Å². The third-order valence-electron chi connectivity index (χ3n) is 4.74. The zero-order valence-electron chi connectivity index (χ0n) is 15.0. The predicted molar refractivity (Wildman–Crippen MR) is 102 cm³/mol. The molecule has 1 atom stereocenters. The van der Waals surface area contributed by atoms with Crippen LogP contribution in [-0.2, 0) is 0 Å². The number of carbonyl (C=O) groups excluding carboxylic acids is 1. The number of aryl methyl sites for hydroxylation is 1. The highest BCUT2D eigenvalue weighted by atomic mass is 35.5. The summed E-state index contributed by atoms with van der Waals surface area (Å²) < 4.78 is 7.32. The van der Waals surface area contributed by atoms with Gasteiger partial charge < -0.3 is 19.9 Å². The van der Waals surface area contributed by atoms with E-state index in [0.29, 0.717) is 6.54 Å². The second-order valence-electron chi connectivity index (χ2n) is 6.47. The van der Waals surface area contributed by atoms with Gasteiger partial charge in [0.1, 0.15) is 5.75 Å². The Kier molecular flexibility index (Phi) is 6.14. The average molecular weight is 364 g/mol. The van der Waals surface area contributed by atoms with E-state index >= 15 is 0 Å². The largest absolute Gasteiger partial charge is 0.497 e. The first-order valence-electron chi connectivity index (χ1n) is 8.39. The lowest BCUT2D eigenvalue weighted by Crippen LogP contribution is -2.45. The molecule has 6 heteroatoms. The maximum absolute atomic E-state index is 12.9. The van der Waals surface area contributed by atoms with Crippen LogP contribution in [-0.4, -0.2) is 41.6 Å². The maximum Gasteiger partial charge on any atom is 0.255 e. The number of nitrogens with zero attached hydrogens (tertiary/aromatic N) is 2. The van der Waals surface area contributed by atoms with Gasteiger partial charge in [-0.1, -0.05) is 0 Å². The summed E-state index contributed by atoms with van der Waals surface area (Å²) in [6.07, 6.45) is 1.97. The molecule has 2 N–H and O–H groups in total. The number of likely N-dealkylation sites (tertiary alicyclic amines) is 1. The summed E-state index contributed by atoms with van der Waals surface area (Å²) in [4.78, 5) is 14.8. The number of piperidine rings is 1. The van der Waals surface area contributed by atoms with Crippen molar-refractivity contribution >= 4 is 18.3 Å². The van der Waals surface area contributed by atoms with Crippen LogP contribution in [0.4, 0.5) is 0 Å². The number of rotatable bonds is 3. The van der Waals surface area contributed by atoms with Crippen LogP contribution in [0.3, 0.4) is 0 Å². The molecule has 0 saturated carbocycles. The summed E-state index contributed by atoms with van der Waals surface area (Å²) >= 11 is 0. The fourth-order valence-corrected chi connectivity index (χ4v) is 3.47. The van der Waals surface area contributed by atoms with E-state index in [4.69, 9.17) is 10.5 Å². The molecule has 25 heavy (non-hydrogen) atoms. The van der Waals surface area contributed by atoms with Gasteiger partial charge in [0.25, 0.3) is 5.91 Å². The molecule has 2 aromatic rings. The number of carbonyl (C=O) groups is 1. The fourth-order valence-electron chi connectivity index (χ4n) is 3.47. The van der Waals surface area contributed by atoms with Crippen LogP contribution in [0.1, 0.15) is 34.6 Å². The quantitative estimate of drug-likeness (QED) is 0.911. The van der Waals surface area contributed by atoms with Crippen molar-refractivity contribution in [2.24, 2.45) is 5.73 Å². The molecule has 1 aromatic carbocycles. The molecular weight excluding hydrogens is 338 g/mol. The van der Waals surface area contributed by atoms with E-state index in [9.17, 15) is 4.79 Å². The minimum absolute atomic E-state index is 0. The molecule has 1 aromatic heterocycles. The molecule has 1 amide bonds. The molecule has 1 unspecified atom stereocenters. The molecule has 3 rings (SSSR count). The summed E-state index contributed by atoms with van der Waals surface area (Å²) in [6, 6.07) is 9.93. The summed E-state index contributed by atoms with van der Waals surface area (Å²) in [5.74, 6) is 0.901. The van der Waals surface area contributed by atoms with E-state index in [1.54, 1.807) is 7.11 Å². The van der Waals surface area contributed by atoms with Crippen molar-refractivity contribution in [3.05, 3.63) is 47.3 Å². The maximum atomic E-state index is 12.9. The lowest BCUT2D eigenvalue weighted by atomic mass is 10.1. The van der Waals surface area contributed by atoms with Gasteiger partial charge in [0.05, 0.1) is 12.7 Å². The second kappa shape index (κ2) is 7.93. The molecule has 5 nitrogen and oxygen atoms in total. The van der Waals surface area contributed by atoms with E-state index in [0.717, 1.165) is 47.8 Å². The number of methoxy groups -OCH3 is 1. The highest BCUT2D eigenvalue weighted by molar-refractivity contribution is 5.96. The van der Waals surface area contributed by atoms with E-state index < -0.39 is 0 Å². The minimum Gasteiger partial charge on any atom is -0.497 e. The molecule has 0 aliphatic carbocycles. The Morgan fingerprint density at radius 3 is 2.52 bits per heavy atom. The third-order valence-corrected chi connectivity index (χ3v) is 4.74. The summed E-state index contributed by atoms with van der Waals surface area (Å²) in [6.45, 7) is 5.45. The van der Waals surface area contributed by atoms with Crippen LogP contribution in [0, 0.1) is 13.8 Å². The van der Waals surface area contributed by atoms with Gasteiger partial charge in [0.2, 0.25) is 0 Å². The van der Waals surface area contributed by atoms with Gasteiger partial charge >= 0.3 is 0 Å². The second-order valence-corrected chi connectivity index (χ2v) is 6.47. The number of ether oxygens (including phenoxy) is 1. The molecule has 2 heterocycles. The van der Waals surface area contributed by atoms with Crippen molar-refractivity contribution in [3.63, 3.8) is 0 Å². The van der Waals surface area contributed by atoms with Crippen LogP contribution in [0.15, 0.2) is 30.3 Å². The Balaban J connectivity index is 0.00000225. The molecule has 0 radical (unpaired) electrons. The first-order chi connectivity index (χ1) is 11.5. The van der Waals surface area contributed by atoms with Crippen molar-refractivity contribution in [2.75, 3.05) is 20.2 Å². The van der Waals surface area contributed by atoms with Crippen molar-refractivity contribution in [3.8, 4) is 11.4 Å². The Hall–Kier alpha value is -1.98. The monoisotopic (exact) mass is 363 g/mol. The molecule has 1 aliphatic rings. The van der Waals surface area contributed by atoms with Crippen molar-refractivity contribution in [2.45, 2.75) is 32.7 Å². The molecular formula is C19H26ClN3O2. The van der Waals surface area contributed by atoms with E-state index in [1.165, 1.54) is 0 Å². The SMILES string of the molecule is COc1ccc(-n2c(C)cc(C(=O)N3CCCC(N)C3)c2C)cc1.Cl. The molecule has 1 saturated heterocycles. The highest BCUT2D eigenvalue weighted by Crippen LogP contribution is 2.24. The van der Waals surface area contributed by atoms with Crippen molar-refractivity contribution in [1.29, 1.82) is 0 Å². The number of halogens is 1. The zero-order chi connectivity index (χ0) is 17.3. The molecule has 1 fully saturated rings. The van der Waals surface area contributed by atoms with Crippen LogP contribution < -0.4 is 10.5 Å². The fraction of sp³-hybridized carbons (Fsp3) is 0.421. The van der Waals surface area contributed by atoms with Gasteiger partial charge in [-0.15, -0.1) is 12.4 Å². The Labute approximate surface area is 155 Å². The Bertz CT molecular complexity index is 740. The van der Waals surface area contributed by atoms with Crippen molar-refractivity contribution < 1.29 is 9.53 Å². The molecule has 0 spiro atoms. The van der Waals surface area contributed by atoms with Gasteiger partial charge in [-0.3, -0.25) is 4.79 Å². The summed E-state index contributed by atoms with van der Waals surface area (Å²) in [7, 11) is 1.65. The standard InChI is InChI=1S/C19H25N3O2.ClH/c1-13-11-18(19(23)21-10-4-5-15(20)12-21)14(2)22(13)16-6-8-17(24-3)9-7-16;/h6-9,11,15H,4-5,10,12,20H2,1-3H3;1H. The molecule has 0 bridgehead atoms.